The van der Waals surface area contributed by atoms with Crippen LogP contribution >= 0.6 is 0 Å². The van der Waals surface area contributed by atoms with E-state index in [1.54, 1.807) is 0 Å². The first-order valence-corrected chi connectivity index (χ1v) is 6.13. The summed E-state index contributed by atoms with van der Waals surface area (Å²) in [4.78, 5) is 4.94. The van der Waals surface area contributed by atoms with Gasteiger partial charge >= 0.3 is 0 Å². The fourth-order valence-corrected chi connectivity index (χ4v) is 2.67. The minimum atomic E-state index is -0.187. The Bertz CT molecular complexity index is 184. The Hall–Kier alpha value is -0.120. The second-order valence-electron chi connectivity index (χ2n) is 5.14. The molecule has 0 aromatic rings. The first-order chi connectivity index (χ1) is 7.00. The molecule has 3 atom stereocenters. The van der Waals surface area contributed by atoms with Crippen molar-refractivity contribution < 1.29 is 5.11 Å². The smallest absolute Gasteiger partial charge is 0.0526 e. The van der Waals surface area contributed by atoms with E-state index in [0.717, 1.165) is 13.0 Å². The SMILES string of the molecule is CC(O)CC(C)N1CCCN(C)CC1C. The molecule has 3 heteroatoms. The van der Waals surface area contributed by atoms with Crippen molar-refractivity contribution in [3.8, 4) is 0 Å². The van der Waals surface area contributed by atoms with Gasteiger partial charge in [-0.25, -0.2) is 0 Å². The molecule has 1 saturated heterocycles. The molecule has 0 bridgehead atoms. The molecular weight excluding hydrogens is 188 g/mol. The van der Waals surface area contributed by atoms with Crippen molar-refractivity contribution in [2.45, 2.75) is 51.8 Å². The number of rotatable bonds is 3. The van der Waals surface area contributed by atoms with Gasteiger partial charge in [-0.1, -0.05) is 0 Å². The lowest BCUT2D eigenvalue weighted by Gasteiger charge is -2.34. The van der Waals surface area contributed by atoms with Gasteiger partial charge in [0.1, 0.15) is 0 Å². The van der Waals surface area contributed by atoms with Gasteiger partial charge in [-0.3, -0.25) is 4.90 Å². The van der Waals surface area contributed by atoms with Crippen LogP contribution < -0.4 is 0 Å². The summed E-state index contributed by atoms with van der Waals surface area (Å²) in [6, 6.07) is 1.10. The monoisotopic (exact) mass is 214 g/mol. The summed E-state index contributed by atoms with van der Waals surface area (Å²) in [6.07, 6.45) is 1.94. The van der Waals surface area contributed by atoms with E-state index in [1.165, 1.54) is 19.5 Å². The van der Waals surface area contributed by atoms with Gasteiger partial charge in [-0.15, -0.1) is 0 Å². The molecule has 0 radical (unpaired) electrons. The Morgan fingerprint density at radius 1 is 1.33 bits per heavy atom. The van der Waals surface area contributed by atoms with Gasteiger partial charge < -0.3 is 10.0 Å². The molecule has 1 rings (SSSR count). The molecule has 0 aliphatic carbocycles. The lowest BCUT2D eigenvalue weighted by atomic mass is 10.1. The summed E-state index contributed by atoms with van der Waals surface area (Å²) in [5.41, 5.74) is 0. The van der Waals surface area contributed by atoms with E-state index in [1.807, 2.05) is 6.92 Å². The first-order valence-electron chi connectivity index (χ1n) is 6.13. The molecule has 3 nitrogen and oxygen atoms in total. The van der Waals surface area contributed by atoms with Crippen molar-refractivity contribution >= 4 is 0 Å². The van der Waals surface area contributed by atoms with Crippen molar-refractivity contribution in [1.82, 2.24) is 9.80 Å². The summed E-state index contributed by atoms with van der Waals surface area (Å²) in [6.45, 7) is 9.91. The number of aliphatic hydroxyl groups is 1. The van der Waals surface area contributed by atoms with Crippen molar-refractivity contribution in [3.05, 3.63) is 0 Å². The van der Waals surface area contributed by atoms with E-state index >= 15 is 0 Å². The Balaban J connectivity index is 2.51. The van der Waals surface area contributed by atoms with Crippen LogP contribution in [0.25, 0.3) is 0 Å². The largest absolute Gasteiger partial charge is 0.393 e. The van der Waals surface area contributed by atoms with Gasteiger partial charge in [0.25, 0.3) is 0 Å². The Labute approximate surface area is 94.1 Å². The van der Waals surface area contributed by atoms with Crippen LogP contribution in [0.4, 0.5) is 0 Å². The number of hydrogen-bond acceptors (Lipinski definition) is 3. The van der Waals surface area contributed by atoms with E-state index in [4.69, 9.17) is 0 Å². The molecule has 0 spiro atoms. The highest BCUT2D eigenvalue weighted by Gasteiger charge is 2.24. The van der Waals surface area contributed by atoms with Crippen LogP contribution in [0.2, 0.25) is 0 Å². The number of hydrogen-bond donors (Lipinski definition) is 1. The topological polar surface area (TPSA) is 26.7 Å². The van der Waals surface area contributed by atoms with Crippen LogP contribution in [0.15, 0.2) is 0 Å². The third kappa shape index (κ3) is 4.09. The van der Waals surface area contributed by atoms with Crippen LogP contribution in [0.1, 0.15) is 33.6 Å². The fourth-order valence-electron chi connectivity index (χ4n) is 2.67. The Morgan fingerprint density at radius 3 is 2.60 bits per heavy atom. The molecule has 1 N–H and O–H groups in total. The second-order valence-corrected chi connectivity index (χ2v) is 5.14. The number of aliphatic hydroxyl groups excluding tert-OH is 1. The lowest BCUT2D eigenvalue weighted by Crippen LogP contribution is -2.44. The summed E-state index contributed by atoms with van der Waals surface area (Å²) < 4.78 is 0. The van der Waals surface area contributed by atoms with Crippen LogP contribution in [-0.4, -0.2) is 59.8 Å². The third-order valence-corrected chi connectivity index (χ3v) is 3.35. The average Bonchev–Trinajstić information content (AvgIpc) is 2.25. The average molecular weight is 214 g/mol. The highest BCUT2D eigenvalue weighted by atomic mass is 16.3. The quantitative estimate of drug-likeness (QED) is 0.764. The molecule has 1 heterocycles. The second kappa shape index (κ2) is 5.83. The molecular formula is C12H26N2O. The molecule has 0 aromatic carbocycles. The zero-order valence-corrected chi connectivity index (χ0v) is 10.6. The molecule has 90 valence electrons. The molecule has 3 unspecified atom stereocenters. The predicted octanol–water partition coefficient (Wildman–Crippen LogP) is 1.17. The molecule has 15 heavy (non-hydrogen) atoms. The maximum Gasteiger partial charge on any atom is 0.0526 e. The lowest BCUT2D eigenvalue weighted by molar-refractivity contribution is 0.0960. The van der Waals surface area contributed by atoms with Crippen LogP contribution in [0.3, 0.4) is 0 Å². The molecule has 0 amide bonds. The first kappa shape index (κ1) is 12.9. The summed E-state index contributed by atoms with van der Waals surface area (Å²) in [7, 11) is 2.19. The number of nitrogens with zero attached hydrogens (tertiary/aromatic N) is 2. The molecule has 0 aromatic heterocycles. The van der Waals surface area contributed by atoms with E-state index in [2.05, 4.69) is 30.7 Å². The fraction of sp³-hybridized carbons (Fsp3) is 1.00. The maximum atomic E-state index is 9.42. The van der Waals surface area contributed by atoms with Gasteiger partial charge in [0.2, 0.25) is 0 Å². The normalized spacial score (nSPS) is 29.8. The highest BCUT2D eigenvalue weighted by molar-refractivity contribution is 4.80. The Morgan fingerprint density at radius 2 is 2.00 bits per heavy atom. The molecule has 1 aliphatic heterocycles. The van der Waals surface area contributed by atoms with Crippen LogP contribution in [-0.2, 0) is 0 Å². The molecule has 0 saturated carbocycles. The Kier molecular flexibility index (Phi) is 5.03. The third-order valence-electron chi connectivity index (χ3n) is 3.35. The summed E-state index contributed by atoms with van der Waals surface area (Å²) in [5, 5.41) is 9.42. The predicted molar refractivity (Wildman–Crippen MR) is 64.0 cm³/mol. The van der Waals surface area contributed by atoms with Crippen molar-refractivity contribution in [1.29, 1.82) is 0 Å². The van der Waals surface area contributed by atoms with Gasteiger partial charge in [0.15, 0.2) is 0 Å². The van der Waals surface area contributed by atoms with E-state index < -0.39 is 0 Å². The van der Waals surface area contributed by atoms with Gasteiger partial charge in [-0.05, 0) is 53.8 Å². The highest BCUT2D eigenvalue weighted by Crippen LogP contribution is 2.15. The molecule has 1 aliphatic rings. The zero-order chi connectivity index (χ0) is 11.4. The summed E-state index contributed by atoms with van der Waals surface area (Å²) >= 11 is 0. The van der Waals surface area contributed by atoms with Crippen LogP contribution in [0.5, 0.6) is 0 Å². The minimum Gasteiger partial charge on any atom is -0.393 e. The maximum absolute atomic E-state index is 9.42. The van der Waals surface area contributed by atoms with Crippen molar-refractivity contribution in [3.63, 3.8) is 0 Å². The van der Waals surface area contributed by atoms with Crippen molar-refractivity contribution in [2.24, 2.45) is 0 Å². The van der Waals surface area contributed by atoms with E-state index in [0.29, 0.717) is 12.1 Å². The zero-order valence-electron chi connectivity index (χ0n) is 10.6. The van der Waals surface area contributed by atoms with Crippen LogP contribution in [0, 0.1) is 0 Å². The standard InChI is InChI=1S/C12H26N2O/c1-10(8-12(3)15)14-7-5-6-13(4)9-11(14)2/h10-12,15H,5-9H2,1-4H3. The van der Waals surface area contributed by atoms with Gasteiger partial charge in [0, 0.05) is 18.6 Å². The van der Waals surface area contributed by atoms with E-state index in [-0.39, 0.29) is 6.10 Å². The van der Waals surface area contributed by atoms with Gasteiger partial charge in [-0.2, -0.15) is 0 Å². The number of likely N-dealkylation sites (N-methyl/N-ethyl adjacent to an activating group) is 1. The van der Waals surface area contributed by atoms with Gasteiger partial charge in [0.05, 0.1) is 6.10 Å². The minimum absolute atomic E-state index is 0.187. The molecule has 1 fully saturated rings. The van der Waals surface area contributed by atoms with E-state index in [9.17, 15) is 5.11 Å². The van der Waals surface area contributed by atoms with Crippen molar-refractivity contribution in [2.75, 3.05) is 26.7 Å². The summed E-state index contributed by atoms with van der Waals surface area (Å²) in [5.74, 6) is 0.